The van der Waals surface area contributed by atoms with Gasteiger partial charge in [-0.3, -0.25) is 4.98 Å². The molecule has 4 rings (SSSR count). The Labute approximate surface area is 174 Å². The van der Waals surface area contributed by atoms with Crippen molar-refractivity contribution < 1.29 is 19.1 Å². The predicted octanol–water partition coefficient (Wildman–Crippen LogP) is 5.52. The van der Waals surface area contributed by atoms with Crippen LogP contribution < -0.4 is 4.74 Å². The summed E-state index contributed by atoms with van der Waals surface area (Å²) in [5.41, 5.74) is 3.60. The molecule has 150 valence electrons. The fourth-order valence-electron chi connectivity index (χ4n) is 3.38. The van der Waals surface area contributed by atoms with E-state index in [1.165, 1.54) is 0 Å². The molecular formula is C25H21NO4. The number of fused-ring (bicyclic) bond motifs is 1. The van der Waals surface area contributed by atoms with E-state index in [-0.39, 0.29) is 0 Å². The molecule has 0 bridgehead atoms. The van der Waals surface area contributed by atoms with Crippen molar-refractivity contribution in [1.82, 2.24) is 4.98 Å². The number of hydrogen-bond acceptors (Lipinski definition) is 4. The Bertz CT molecular complexity index is 1210. The number of aliphatic carboxylic acids is 1. The standard InChI is InChI=1S/C25H21NO4/c1-17-20(16-23(30-17)18-6-3-2-4-7-18)13-15-29-22-12-14-26-25-19(10-11-24(27)28)8-5-9-21(22)25/h2-12,14,16H,13,15H2,1H3,(H,27,28). The van der Waals surface area contributed by atoms with E-state index >= 15 is 0 Å². The number of carboxylic acids is 1. The van der Waals surface area contributed by atoms with Gasteiger partial charge in [-0.15, -0.1) is 0 Å². The Morgan fingerprint density at radius 3 is 2.77 bits per heavy atom. The highest BCUT2D eigenvalue weighted by molar-refractivity contribution is 5.94. The van der Waals surface area contributed by atoms with E-state index in [0.29, 0.717) is 18.5 Å². The maximum atomic E-state index is 10.8. The van der Waals surface area contributed by atoms with Crippen molar-refractivity contribution in [2.24, 2.45) is 0 Å². The highest BCUT2D eigenvalue weighted by atomic mass is 16.5. The van der Waals surface area contributed by atoms with Gasteiger partial charge in [0.1, 0.15) is 17.3 Å². The van der Waals surface area contributed by atoms with E-state index in [4.69, 9.17) is 14.3 Å². The summed E-state index contributed by atoms with van der Waals surface area (Å²) in [7, 11) is 0. The minimum atomic E-state index is -0.996. The molecule has 0 fully saturated rings. The maximum absolute atomic E-state index is 10.8. The molecule has 0 saturated heterocycles. The average Bonchev–Trinajstić information content (AvgIpc) is 3.13. The minimum Gasteiger partial charge on any atom is -0.492 e. The lowest BCUT2D eigenvalue weighted by molar-refractivity contribution is -0.131. The number of ether oxygens (including phenoxy) is 1. The molecule has 4 aromatic rings. The first-order valence-electron chi connectivity index (χ1n) is 9.68. The highest BCUT2D eigenvalue weighted by Crippen LogP contribution is 2.28. The quantitative estimate of drug-likeness (QED) is 0.414. The average molecular weight is 399 g/mol. The van der Waals surface area contributed by atoms with Crippen molar-refractivity contribution in [3.63, 3.8) is 0 Å². The van der Waals surface area contributed by atoms with Crippen LogP contribution >= 0.6 is 0 Å². The Morgan fingerprint density at radius 2 is 1.97 bits per heavy atom. The summed E-state index contributed by atoms with van der Waals surface area (Å²) >= 11 is 0. The molecule has 0 spiro atoms. The first kappa shape index (κ1) is 19.5. The van der Waals surface area contributed by atoms with E-state index in [1.54, 1.807) is 12.3 Å². The van der Waals surface area contributed by atoms with Gasteiger partial charge in [-0.05, 0) is 36.8 Å². The van der Waals surface area contributed by atoms with E-state index in [2.05, 4.69) is 11.1 Å². The van der Waals surface area contributed by atoms with Crippen LogP contribution in [0.3, 0.4) is 0 Å². The van der Waals surface area contributed by atoms with Gasteiger partial charge < -0.3 is 14.3 Å². The molecule has 0 amide bonds. The first-order chi connectivity index (χ1) is 14.6. The van der Waals surface area contributed by atoms with E-state index in [9.17, 15) is 4.79 Å². The summed E-state index contributed by atoms with van der Waals surface area (Å²) in [5.74, 6) is 1.46. The molecule has 2 aromatic carbocycles. The fourth-order valence-corrected chi connectivity index (χ4v) is 3.38. The largest absolute Gasteiger partial charge is 0.492 e. The molecule has 1 N–H and O–H groups in total. The lowest BCUT2D eigenvalue weighted by Crippen LogP contribution is -2.02. The molecule has 0 aliphatic carbocycles. The van der Waals surface area contributed by atoms with Crippen LogP contribution in [0.1, 0.15) is 16.9 Å². The van der Waals surface area contributed by atoms with Gasteiger partial charge >= 0.3 is 5.97 Å². The lowest BCUT2D eigenvalue weighted by Gasteiger charge is -2.10. The van der Waals surface area contributed by atoms with Crippen LogP contribution in [0, 0.1) is 6.92 Å². The minimum absolute atomic E-state index is 0.489. The second-order valence-electron chi connectivity index (χ2n) is 6.88. The fraction of sp³-hybridized carbons (Fsp3) is 0.120. The van der Waals surface area contributed by atoms with Crippen LogP contribution in [-0.2, 0) is 11.2 Å². The molecule has 2 aromatic heterocycles. The van der Waals surface area contributed by atoms with Crippen molar-refractivity contribution in [2.45, 2.75) is 13.3 Å². The normalized spacial score (nSPS) is 11.2. The molecule has 0 unspecified atom stereocenters. The number of pyridine rings is 1. The topological polar surface area (TPSA) is 72.6 Å². The summed E-state index contributed by atoms with van der Waals surface area (Å²) in [4.78, 5) is 15.2. The molecule has 2 heterocycles. The molecule has 5 nitrogen and oxygen atoms in total. The number of carboxylic acid groups (broad SMARTS) is 1. The van der Waals surface area contributed by atoms with Crippen LogP contribution in [0.25, 0.3) is 28.3 Å². The smallest absolute Gasteiger partial charge is 0.328 e. The number of benzene rings is 2. The predicted molar refractivity (Wildman–Crippen MR) is 116 cm³/mol. The van der Waals surface area contributed by atoms with Gasteiger partial charge in [0.15, 0.2) is 0 Å². The van der Waals surface area contributed by atoms with Crippen LogP contribution in [0.5, 0.6) is 5.75 Å². The molecule has 0 aliphatic heterocycles. The summed E-state index contributed by atoms with van der Waals surface area (Å²) in [6.07, 6.45) is 5.04. The number of rotatable bonds is 7. The number of furan rings is 1. The third-order valence-corrected chi connectivity index (χ3v) is 4.88. The van der Waals surface area contributed by atoms with Gasteiger partial charge in [-0.1, -0.05) is 42.5 Å². The van der Waals surface area contributed by atoms with Gasteiger partial charge in [0.25, 0.3) is 0 Å². The van der Waals surface area contributed by atoms with Gasteiger partial charge in [0.2, 0.25) is 0 Å². The van der Waals surface area contributed by atoms with Crippen LogP contribution in [0.15, 0.2) is 77.4 Å². The maximum Gasteiger partial charge on any atom is 0.328 e. The number of para-hydroxylation sites is 1. The molecule has 0 radical (unpaired) electrons. The van der Waals surface area contributed by atoms with Crippen molar-refractivity contribution in [1.29, 1.82) is 0 Å². The molecule has 5 heteroatoms. The monoisotopic (exact) mass is 399 g/mol. The second-order valence-corrected chi connectivity index (χ2v) is 6.88. The SMILES string of the molecule is Cc1oc(-c2ccccc2)cc1CCOc1ccnc2c(C=CC(=O)O)cccc12. The van der Waals surface area contributed by atoms with Gasteiger partial charge in [-0.2, -0.15) is 0 Å². The molecule has 0 saturated carbocycles. The van der Waals surface area contributed by atoms with Crippen LogP contribution in [-0.4, -0.2) is 22.7 Å². The number of aryl methyl sites for hydroxylation is 1. The van der Waals surface area contributed by atoms with Gasteiger partial charge in [0.05, 0.1) is 12.1 Å². The summed E-state index contributed by atoms with van der Waals surface area (Å²) in [6, 6.07) is 19.5. The summed E-state index contributed by atoms with van der Waals surface area (Å²) in [6.45, 7) is 2.45. The summed E-state index contributed by atoms with van der Waals surface area (Å²) in [5, 5.41) is 9.73. The zero-order chi connectivity index (χ0) is 20.9. The lowest BCUT2D eigenvalue weighted by atomic mass is 10.1. The second kappa shape index (κ2) is 8.66. The molecular weight excluding hydrogens is 378 g/mol. The zero-order valence-electron chi connectivity index (χ0n) is 16.5. The Hall–Kier alpha value is -3.86. The molecule has 0 aliphatic rings. The third kappa shape index (κ3) is 4.25. The number of hydrogen-bond donors (Lipinski definition) is 1. The Morgan fingerprint density at radius 1 is 1.13 bits per heavy atom. The Kier molecular flexibility index (Phi) is 5.61. The molecule has 30 heavy (non-hydrogen) atoms. The first-order valence-corrected chi connectivity index (χ1v) is 9.68. The number of nitrogens with zero attached hydrogens (tertiary/aromatic N) is 1. The highest BCUT2D eigenvalue weighted by Gasteiger charge is 2.11. The van der Waals surface area contributed by atoms with Crippen molar-refractivity contribution in [2.75, 3.05) is 6.61 Å². The van der Waals surface area contributed by atoms with Crippen molar-refractivity contribution in [3.05, 3.63) is 89.8 Å². The molecule has 0 atom stereocenters. The Balaban J connectivity index is 1.50. The zero-order valence-corrected chi connectivity index (χ0v) is 16.5. The van der Waals surface area contributed by atoms with E-state index in [1.807, 2.05) is 61.5 Å². The van der Waals surface area contributed by atoms with E-state index in [0.717, 1.165) is 45.4 Å². The number of aromatic nitrogens is 1. The summed E-state index contributed by atoms with van der Waals surface area (Å²) < 4.78 is 12.0. The van der Waals surface area contributed by atoms with Crippen molar-refractivity contribution >= 4 is 22.9 Å². The van der Waals surface area contributed by atoms with Crippen molar-refractivity contribution in [3.8, 4) is 17.1 Å². The van der Waals surface area contributed by atoms with Gasteiger partial charge in [-0.25, -0.2) is 4.79 Å². The van der Waals surface area contributed by atoms with Crippen LogP contribution in [0.4, 0.5) is 0 Å². The third-order valence-electron chi connectivity index (χ3n) is 4.88. The van der Waals surface area contributed by atoms with Crippen LogP contribution in [0.2, 0.25) is 0 Å². The van der Waals surface area contributed by atoms with E-state index < -0.39 is 5.97 Å². The van der Waals surface area contributed by atoms with Gasteiger partial charge in [0, 0.05) is 35.2 Å². The number of carbonyl (C=O) groups is 1.